The van der Waals surface area contributed by atoms with Gasteiger partial charge in [-0.15, -0.1) is 0 Å². The van der Waals surface area contributed by atoms with Crippen molar-refractivity contribution in [2.75, 3.05) is 19.6 Å². The van der Waals surface area contributed by atoms with Crippen LogP contribution in [0.3, 0.4) is 0 Å². The molecule has 0 aromatic carbocycles. The summed E-state index contributed by atoms with van der Waals surface area (Å²) in [5.74, 6) is 2.38. The lowest BCUT2D eigenvalue weighted by atomic mass is 9.82. The molecule has 3 aromatic heterocycles. The van der Waals surface area contributed by atoms with E-state index in [2.05, 4.69) is 39.8 Å². The zero-order chi connectivity index (χ0) is 19.4. The Morgan fingerprint density at radius 3 is 2.89 bits per heavy atom. The number of nitrogens with zero attached hydrogens (tertiary/aromatic N) is 4. The normalized spacial score (nSPS) is 22.0. The number of likely N-dealkylation sites (tertiary alicyclic amines) is 1. The van der Waals surface area contributed by atoms with Crippen molar-refractivity contribution in [1.82, 2.24) is 24.4 Å². The molecular weight excluding hydrogens is 350 g/mol. The molecule has 0 saturated carbocycles. The summed E-state index contributed by atoms with van der Waals surface area (Å²) in [5, 5.41) is 0. The second-order valence-corrected chi connectivity index (χ2v) is 8.89. The van der Waals surface area contributed by atoms with Crippen molar-refractivity contribution in [2.24, 2.45) is 11.8 Å². The Labute approximate surface area is 164 Å². The molecule has 2 aliphatic heterocycles. The van der Waals surface area contributed by atoms with Gasteiger partial charge in [0, 0.05) is 55.6 Å². The number of aromatic nitrogens is 4. The summed E-state index contributed by atoms with van der Waals surface area (Å²) < 4.78 is 2.01. The SMILES string of the molecule is Cc1nc(-c2cc3n(c(=O)c2)C[C@H]2C[C@@H]3CN(CC(C)C)C2)c2[nH]ccc2n1. The van der Waals surface area contributed by atoms with Crippen LogP contribution >= 0.6 is 0 Å². The van der Waals surface area contributed by atoms with E-state index >= 15 is 0 Å². The molecule has 1 saturated heterocycles. The highest BCUT2D eigenvalue weighted by atomic mass is 16.1. The Balaban J connectivity index is 1.60. The molecule has 6 heteroatoms. The standard InChI is InChI=1S/C22H27N5O/c1-13(2)9-26-10-15-6-17(12-26)19-7-16(8-20(28)27(19)11-15)21-22-18(4-5-23-22)24-14(3)25-21/h4-5,7-8,13,15,17,23H,6,9-12H2,1-3H3/t15-,17+/m0/s1. The van der Waals surface area contributed by atoms with Gasteiger partial charge in [0.25, 0.3) is 5.56 Å². The zero-order valence-electron chi connectivity index (χ0n) is 16.8. The van der Waals surface area contributed by atoms with Gasteiger partial charge in [-0.2, -0.15) is 0 Å². The van der Waals surface area contributed by atoms with E-state index in [1.165, 1.54) is 12.1 Å². The van der Waals surface area contributed by atoms with Gasteiger partial charge in [0.2, 0.25) is 0 Å². The Kier molecular flexibility index (Phi) is 4.12. The third-order valence-corrected chi connectivity index (χ3v) is 6.05. The maximum absolute atomic E-state index is 13.0. The molecule has 2 atom stereocenters. The van der Waals surface area contributed by atoms with Crippen molar-refractivity contribution in [3.05, 3.63) is 46.3 Å². The molecule has 3 aromatic rings. The molecule has 0 amide bonds. The Bertz CT molecular complexity index is 1100. The lowest BCUT2D eigenvalue weighted by Gasteiger charge is -2.43. The van der Waals surface area contributed by atoms with Crippen LogP contribution in [-0.2, 0) is 6.54 Å². The molecule has 0 unspecified atom stereocenters. The van der Waals surface area contributed by atoms with Crippen LogP contribution in [0.1, 0.15) is 37.7 Å². The van der Waals surface area contributed by atoms with Crippen molar-refractivity contribution < 1.29 is 0 Å². The Morgan fingerprint density at radius 1 is 1.21 bits per heavy atom. The smallest absolute Gasteiger partial charge is 0.251 e. The average Bonchev–Trinajstić information content (AvgIpc) is 3.09. The number of pyridine rings is 1. The van der Waals surface area contributed by atoms with Gasteiger partial charge >= 0.3 is 0 Å². The largest absolute Gasteiger partial charge is 0.358 e. The van der Waals surface area contributed by atoms with Gasteiger partial charge in [-0.1, -0.05) is 13.8 Å². The van der Waals surface area contributed by atoms with E-state index in [1.54, 1.807) is 6.07 Å². The van der Waals surface area contributed by atoms with Crippen LogP contribution in [0.2, 0.25) is 0 Å². The zero-order valence-corrected chi connectivity index (χ0v) is 16.8. The van der Waals surface area contributed by atoms with Crippen molar-refractivity contribution in [1.29, 1.82) is 0 Å². The minimum absolute atomic E-state index is 0.0930. The van der Waals surface area contributed by atoms with Gasteiger partial charge in [-0.25, -0.2) is 9.97 Å². The van der Waals surface area contributed by atoms with Crippen LogP contribution in [0.5, 0.6) is 0 Å². The minimum atomic E-state index is 0.0930. The summed E-state index contributed by atoms with van der Waals surface area (Å²) in [6.07, 6.45) is 3.06. The van der Waals surface area contributed by atoms with Gasteiger partial charge in [0.05, 0.1) is 16.7 Å². The molecule has 0 spiro atoms. The van der Waals surface area contributed by atoms with E-state index in [0.717, 1.165) is 54.3 Å². The minimum Gasteiger partial charge on any atom is -0.358 e. The topological polar surface area (TPSA) is 66.8 Å². The molecular formula is C22H27N5O. The number of nitrogens with one attached hydrogen (secondary N) is 1. The van der Waals surface area contributed by atoms with E-state index in [0.29, 0.717) is 17.8 Å². The molecule has 5 heterocycles. The van der Waals surface area contributed by atoms with Crippen LogP contribution in [0, 0.1) is 18.8 Å². The van der Waals surface area contributed by atoms with Gasteiger partial charge in [0.1, 0.15) is 5.82 Å². The fraction of sp³-hybridized carbons (Fsp3) is 0.500. The van der Waals surface area contributed by atoms with E-state index in [4.69, 9.17) is 0 Å². The van der Waals surface area contributed by atoms with Crippen molar-refractivity contribution in [3.63, 3.8) is 0 Å². The molecule has 28 heavy (non-hydrogen) atoms. The van der Waals surface area contributed by atoms with Crippen molar-refractivity contribution in [3.8, 4) is 11.3 Å². The highest BCUT2D eigenvalue weighted by Gasteiger charge is 2.35. The molecule has 0 radical (unpaired) electrons. The first kappa shape index (κ1) is 17.6. The molecule has 0 aliphatic carbocycles. The molecule has 2 bridgehead atoms. The molecule has 1 N–H and O–H groups in total. The number of aryl methyl sites for hydroxylation is 1. The lowest BCUT2D eigenvalue weighted by molar-refractivity contribution is 0.109. The number of H-pyrrole nitrogens is 1. The van der Waals surface area contributed by atoms with Crippen molar-refractivity contribution >= 4 is 11.0 Å². The number of fused-ring (bicyclic) bond motifs is 5. The van der Waals surface area contributed by atoms with Gasteiger partial charge in [-0.05, 0) is 37.3 Å². The van der Waals surface area contributed by atoms with Crippen LogP contribution < -0.4 is 5.56 Å². The summed E-state index contributed by atoms with van der Waals surface area (Å²) in [6, 6.07) is 5.90. The van der Waals surface area contributed by atoms with Crippen molar-refractivity contribution in [2.45, 2.75) is 39.7 Å². The lowest BCUT2D eigenvalue weighted by Crippen LogP contribution is -2.48. The van der Waals surface area contributed by atoms with Gasteiger partial charge in [0.15, 0.2) is 0 Å². The van der Waals surface area contributed by atoms with E-state index in [-0.39, 0.29) is 5.56 Å². The molecule has 5 rings (SSSR count). The number of hydrogen-bond donors (Lipinski definition) is 1. The fourth-order valence-electron chi connectivity index (χ4n) is 5.13. The fourth-order valence-corrected chi connectivity index (χ4v) is 5.13. The first-order valence-electron chi connectivity index (χ1n) is 10.3. The monoisotopic (exact) mass is 377 g/mol. The van der Waals surface area contributed by atoms with Gasteiger partial charge < -0.3 is 14.5 Å². The van der Waals surface area contributed by atoms with Crippen LogP contribution in [0.25, 0.3) is 22.3 Å². The number of aromatic amines is 1. The maximum Gasteiger partial charge on any atom is 0.251 e. The summed E-state index contributed by atoms with van der Waals surface area (Å²) in [5.41, 5.74) is 4.77. The number of rotatable bonds is 3. The number of piperidine rings is 1. The first-order valence-corrected chi connectivity index (χ1v) is 10.3. The third kappa shape index (κ3) is 2.96. The predicted octanol–water partition coefficient (Wildman–Crippen LogP) is 3.17. The molecule has 146 valence electrons. The summed E-state index contributed by atoms with van der Waals surface area (Å²) in [4.78, 5) is 28.0. The average molecular weight is 377 g/mol. The van der Waals surface area contributed by atoms with E-state index in [1.807, 2.05) is 23.8 Å². The predicted molar refractivity (Wildman–Crippen MR) is 110 cm³/mol. The Morgan fingerprint density at radius 2 is 2.07 bits per heavy atom. The molecule has 2 aliphatic rings. The maximum atomic E-state index is 13.0. The third-order valence-electron chi connectivity index (χ3n) is 6.05. The van der Waals surface area contributed by atoms with Gasteiger partial charge in [-0.3, -0.25) is 4.79 Å². The van der Waals surface area contributed by atoms with Crippen LogP contribution in [0.4, 0.5) is 0 Å². The summed E-state index contributed by atoms with van der Waals surface area (Å²) >= 11 is 0. The Hall–Kier alpha value is -2.47. The van der Waals surface area contributed by atoms with E-state index in [9.17, 15) is 4.79 Å². The molecule has 6 nitrogen and oxygen atoms in total. The second-order valence-electron chi connectivity index (χ2n) is 8.89. The highest BCUT2D eigenvalue weighted by molar-refractivity contribution is 5.89. The second kappa shape index (κ2) is 6.55. The van der Waals surface area contributed by atoms with Crippen LogP contribution in [-0.4, -0.2) is 44.1 Å². The highest BCUT2D eigenvalue weighted by Crippen LogP contribution is 2.37. The van der Waals surface area contributed by atoms with E-state index < -0.39 is 0 Å². The summed E-state index contributed by atoms with van der Waals surface area (Å²) in [7, 11) is 0. The molecule has 1 fully saturated rings. The van der Waals surface area contributed by atoms with Crippen LogP contribution in [0.15, 0.2) is 29.2 Å². The summed E-state index contributed by atoms with van der Waals surface area (Å²) in [6.45, 7) is 10.6. The number of hydrogen-bond acceptors (Lipinski definition) is 4. The first-order chi connectivity index (χ1) is 13.5. The quantitative estimate of drug-likeness (QED) is 0.761.